The van der Waals surface area contributed by atoms with Crippen molar-refractivity contribution in [3.63, 3.8) is 0 Å². The van der Waals surface area contributed by atoms with Gasteiger partial charge in [-0.15, -0.1) is 11.8 Å². The van der Waals surface area contributed by atoms with E-state index < -0.39 is 0 Å². The van der Waals surface area contributed by atoms with E-state index in [9.17, 15) is 14.0 Å². The van der Waals surface area contributed by atoms with Crippen LogP contribution in [0.15, 0.2) is 53.9 Å². The number of ether oxygens (including phenoxy) is 1. The fourth-order valence-corrected chi connectivity index (χ4v) is 6.14. The van der Waals surface area contributed by atoms with Crippen molar-refractivity contribution in [1.82, 2.24) is 20.9 Å². The number of halogens is 1. The molecule has 7 nitrogen and oxygen atoms in total. The number of amides is 2. The first-order chi connectivity index (χ1) is 17.0. The van der Waals surface area contributed by atoms with Gasteiger partial charge in [0.2, 0.25) is 11.8 Å². The molecule has 3 N–H and O–H groups in total. The SMILES string of the molecule is COc1ccccc1CNC(=O)C1CCN(C2NC(=O)C3SC=C(c4ccccc4F)C3N2)CC1. The van der Waals surface area contributed by atoms with Crippen molar-refractivity contribution in [2.45, 2.75) is 37.0 Å². The molecule has 9 heteroatoms. The standard InChI is InChI=1S/C26H29FN4O3S/c1-34-21-9-5-2-6-17(21)14-28-24(32)16-10-12-31(13-11-16)26-29-22-19(15-35-23(22)25(33)30-26)18-7-3-4-8-20(18)27/h2-9,15-16,22-23,26,29H,10-14H2,1H3,(H,28,32)(H,30,33). The van der Waals surface area contributed by atoms with Gasteiger partial charge >= 0.3 is 0 Å². The smallest absolute Gasteiger partial charge is 0.237 e. The first-order valence-corrected chi connectivity index (χ1v) is 12.8. The van der Waals surface area contributed by atoms with Gasteiger partial charge in [-0.2, -0.15) is 0 Å². The minimum atomic E-state index is -0.352. The first kappa shape index (κ1) is 23.8. The maximum Gasteiger partial charge on any atom is 0.237 e. The van der Waals surface area contributed by atoms with E-state index in [2.05, 4.69) is 20.9 Å². The van der Waals surface area contributed by atoms with Crippen LogP contribution in [0.1, 0.15) is 24.0 Å². The fraction of sp³-hybridized carbons (Fsp3) is 0.385. The number of likely N-dealkylation sites (tertiary alicyclic amines) is 1. The Morgan fingerprint density at radius 1 is 1.17 bits per heavy atom. The van der Waals surface area contributed by atoms with Gasteiger partial charge in [0.15, 0.2) is 0 Å². The molecule has 35 heavy (non-hydrogen) atoms. The van der Waals surface area contributed by atoms with Crippen LogP contribution in [0.5, 0.6) is 5.75 Å². The van der Waals surface area contributed by atoms with Gasteiger partial charge in [0.1, 0.15) is 23.1 Å². The summed E-state index contributed by atoms with van der Waals surface area (Å²) >= 11 is 1.42. The third kappa shape index (κ3) is 4.94. The molecule has 0 saturated carbocycles. The molecule has 2 fully saturated rings. The van der Waals surface area contributed by atoms with Crippen molar-refractivity contribution in [2.75, 3.05) is 20.2 Å². The highest BCUT2D eigenvalue weighted by Crippen LogP contribution is 2.39. The Bertz CT molecular complexity index is 1140. The Morgan fingerprint density at radius 3 is 2.69 bits per heavy atom. The van der Waals surface area contributed by atoms with Crippen LogP contribution in [-0.2, 0) is 16.1 Å². The minimum absolute atomic E-state index is 0.0354. The minimum Gasteiger partial charge on any atom is -0.496 e. The van der Waals surface area contributed by atoms with Gasteiger partial charge in [0.05, 0.1) is 13.2 Å². The van der Waals surface area contributed by atoms with Crippen molar-refractivity contribution in [3.8, 4) is 5.75 Å². The molecule has 2 aromatic rings. The molecule has 0 bridgehead atoms. The third-order valence-corrected chi connectivity index (χ3v) is 8.12. The summed E-state index contributed by atoms with van der Waals surface area (Å²) < 4.78 is 19.8. The summed E-state index contributed by atoms with van der Waals surface area (Å²) in [5, 5.41) is 11.2. The predicted molar refractivity (Wildman–Crippen MR) is 134 cm³/mol. The predicted octanol–water partition coefficient (Wildman–Crippen LogP) is 2.69. The second-order valence-corrected chi connectivity index (χ2v) is 10.0. The molecule has 3 unspecified atom stereocenters. The van der Waals surface area contributed by atoms with Crippen LogP contribution in [0, 0.1) is 11.7 Å². The van der Waals surface area contributed by atoms with E-state index in [0.717, 1.165) is 16.9 Å². The number of carbonyl (C=O) groups is 2. The van der Waals surface area contributed by atoms with E-state index in [1.807, 2.05) is 29.7 Å². The highest BCUT2D eigenvalue weighted by Gasteiger charge is 2.44. The van der Waals surface area contributed by atoms with Gasteiger partial charge in [0, 0.05) is 36.7 Å². The molecule has 3 aliphatic rings. The lowest BCUT2D eigenvalue weighted by Gasteiger charge is -2.43. The number of piperidine rings is 1. The molecule has 2 aromatic carbocycles. The summed E-state index contributed by atoms with van der Waals surface area (Å²) in [4.78, 5) is 27.8. The van der Waals surface area contributed by atoms with E-state index >= 15 is 0 Å². The number of para-hydroxylation sites is 1. The number of fused-ring (bicyclic) bond motifs is 1. The molecular formula is C26H29FN4O3S. The molecule has 184 valence electrons. The van der Waals surface area contributed by atoms with Crippen LogP contribution in [0.3, 0.4) is 0 Å². The highest BCUT2D eigenvalue weighted by molar-refractivity contribution is 8.04. The monoisotopic (exact) mass is 496 g/mol. The highest BCUT2D eigenvalue weighted by atomic mass is 32.2. The van der Waals surface area contributed by atoms with E-state index in [4.69, 9.17) is 4.74 Å². The quantitative estimate of drug-likeness (QED) is 0.571. The van der Waals surface area contributed by atoms with Crippen LogP contribution in [0.4, 0.5) is 4.39 Å². The molecule has 0 spiro atoms. The van der Waals surface area contributed by atoms with E-state index in [-0.39, 0.29) is 41.1 Å². The largest absolute Gasteiger partial charge is 0.496 e. The van der Waals surface area contributed by atoms with E-state index in [0.29, 0.717) is 38.0 Å². The second-order valence-electron chi connectivity index (χ2n) is 9.01. The molecule has 3 aliphatic heterocycles. The molecule has 0 aliphatic carbocycles. The third-order valence-electron chi connectivity index (χ3n) is 6.95. The normalized spacial score (nSPS) is 24.9. The van der Waals surface area contributed by atoms with Gasteiger partial charge in [0.25, 0.3) is 0 Å². The summed E-state index contributed by atoms with van der Waals surface area (Å²) in [5.74, 6) is 0.373. The molecular weight excluding hydrogens is 467 g/mol. The van der Waals surface area contributed by atoms with E-state index in [1.165, 1.54) is 17.8 Å². The van der Waals surface area contributed by atoms with Crippen molar-refractivity contribution < 1.29 is 18.7 Å². The van der Waals surface area contributed by atoms with Crippen molar-refractivity contribution in [1.29, 1.82) is 0 Å². The average Bonchev–Trinajstić information content (AvgIpc) is 3.32. The molecule has 3 heterocycles. The van der Waals surface area contributed by atoms with Crippen LogP contribution >= 0.6 is 11.8 Å². The lowest BCUT2D eigenvalue weighted by atomic mass is 9.94. The summed E-state index contributed by atoms with van der Waals surface area (Å²) in [6.45, 7) is 1.77. The maximum absolute atomic E-state index is 14.4. The molecule has 0 aromatic heterocycles. The Morgan fingerprint density at radius 2 is 1.91 bits per heavy atom. The first-order valence-electron chi connectivity index (χ1n) is 11.9. The number of benzene rings is 2. The lowest BCUT2D eigenvalue weighted by molar-refractivity contribution is -0.129. The number of hydrogen-bond donors (Lipinski definition) is 3. The van der Waals surface area contributed by atoms with Crippen LogP contribution < -0.4 is 20.7 Å². The van der Waals surface area contributed by atoms with Crippen LogP contribution in [0.2, 0.25) is 0 Å². The zero-order valence-electron chi connectivity index (χ0n) is 19.5. The topological polar surface area (TPSA) is 82.7 Å². The van der Waals surface area contributed by atoms with Crippen molar-refractivity contribution in [3.05, 3.63) is 70.9 Å². The van der Waals surface area contributed by atoms with Gasteiger partial charge in [-0.1, -0.05) is 36.4 Å². The Kier molecular flexibility index (Phi) is 7.08. The molecule has 2 amide bonds. The average molecular weight is 497 g/mol. The van der Waals surface area contributed by atoms with Crippen molar-refractivity contribution >= 4 is 29.1 Å². The van der Waals surface area contributed by atoms with Gasteiger partial charge in [-0.05, 0) is 36.0 Å². The summed E-state index contributed by atoms with van der Waals surface area (Å²) in [6.07, 6.45) is 1.05. The van der Waals surface area contributed by atoms with Crippen LogP contribution in [-0.4, -0.2) is 54.5 Å². The Balaban J connectivity index is 1.17. The van der Waals surface area contributed by atoms with Crippen LogP contribution in [0.25, 0.3) is 5.57 Å². The Hall–Kier alpha value is -2.88. The van der Waals surface area contributed by atoms with Gasteiger partial charge in [-0.25, -0.2) is 4.39 Å². The maximum atomic E-state index is 14.4. The molecule has 0 radical (unpaired) electrons. The fourth-order valence-electron chi connectivity index (χ4n) is 5.00. The molecule has 5 rings (SSSR count). The summed E-state index contributed by atoms with van der Waals surface area (Å²) in [6, 6.07) is 14.1. The molecule has 2 saturated heterocycles. The van der Waals surface area contributed by atoms with Gasteiger partial charge in [-0.3, -0.25) is 19.8 Å². The number of rotatable bonds is 6. The summed E-state index contributed by atoms with van der Waals surface area (Å²) in [5.41, 5.74) is 2.28. The van der Waals surface area contributed by atoms with E-state index in [1.54, 1.807) is 25.3 Å². The number of nitrogens with one attached hydrogen (secondary N) is 3. The van der Waals surface area contributed by atoms with Crippen molar-refractivity contribution in [2.24, 2.45) is 5.92 Å². The number of nitrogens with zero attached hydrogens (tertiary/aromatic N) is 1. The number of carbonyl (C=O) groups excluding carboxylic acids is 2. The zero-order chi connectivity index (χ0) is 24.4. The Labute approximate surface area is 208 Å². The number of methoxy groups -OCH3 is 1. The number of thioether (sulfide) groups is 1. The summed E-state index contributed by atoms with van der Waals surface area (Å²) in [7, 11) is 1.62. The number of hydrogen-bond acceptors (Lipinski definition) is 6. The zero-order valence-corrected chi connectivity index (χ0v) is 20.3. The second kappa shape index (κ2) is 10.4. The lowest BCUT2D eigenvalue weighted by Crippen LogP contribution is -2.68. The van der Waals surface area contributed by atoms with Gasteiger partial charge < -0.3 is 15.4 Å². The molecule has 3 atom stereocenters.